The molecule has 0 aliphatic carbocycles. The number of hydrogen-bond acceptors (Lipinski definition) is 5. The molecular weight excluding hydrogens is 364 g/mol. The van der Waals surface area contributed by atoms with Crippen molar-refractivity contribution < 1.29 is 9.53 Å². The van der Waals surface area contributed by atoms with Crippen molar-refractivity contribution in [2.75, 3.05) is 31.5 Å². The van der Waals surface area contributed by atoms with Gasteiger partial charge in [0.25, 0.3) is 5.91 Å². The third-order valence-electron chi connectivity index (χ3n) is 4.39. The van der Waals surface area contributed by atoms with Crippen molar-refractivity contribution in [3.63, 3.8) is 0 Å². The van der Waals surface area contributed by atoms with Gasteiger partial charge in [0.15, 0.2) is 0 Å². The Kier molecular flexibility index (Phi) is 9.26. The molecule has 0 saturated carbocycles. The van der Waals surface area contributed by atoms with E-state index in [1.54, 1.807) is 24.3 Å². The molecule has 2 rings (SSSR count). The number of benzene rings is 2. The third-order valence-corrected chi connectivity index (χ3v) is 4.39. The zero-order valence-corrected chi connectivity index (χ0v) is 17.0. The van der Waals surface area contributed by atoms with Crippen molar-refractivity contribution in [3.8, 4) is 17.6 Å². The highest BCUT2D eigenvalue weighted by Gasteiger charge is 2.09. The lowest BCUT2D eigenvalue weighted by atomic mass is 10.2. The van der Waals surface area contributed by atoms with E-state index in [0.717, 1.165) is 31.8 Å². The number of anilines is 1. The van der Waals surface area contributed by atoms with Crippen LogP contribution in [0, 0.1) is 11.3 Å². The number of ether oxygens (including phenoxy) is 1. The first kappa shape index (κ1) is 22.0. The quantitative estimate of drug-likeness (QED) is 0.341. The molecule has 2 aromatic carbocycles. The van der Waals surface area contributed by atoms with Crippen LogP contribution in [-0.4, -0.2) is 37.0 Å². The van der Waals surface area contributed by atoms with Gasteiger partial charge in [-0.2, -0.15) is 5.26 Å². The van der Waals surface area contributed by atoms with Crippen molar-refractivity contribution in [3.05, 3.63) is 66.4 Å². The summed E-state index contributed by atoms with van der Waals surface area (Å²) in [4.78, 5) is 14.6. The first-order valence-electron chi connectivity index (χ1n) is 9.86. The predicted octanol–water partition coefficient (Wildman–Crippen LogP) is 4.15. The lowest BCUT2D eigenvalue weighted by molar-refractivity contribution is -0.112. The normalized spacial score (nSPS) is 11.0. The van der Waals surface area contributed by atoms with Crippen LogP contribution >= 0.6 is 0 Å². The summed E-state index contributed by atoms with van der Waals surface area (Å²) in [6, 6.07) is 18.4. The highest BCUT2D eigenvalue weighted by atomic mass is 16.5. The van der Waals surface area contributed by atoms with Crippen LogP contribution in [0.3, 0.4) is 0 Å². The van der Waals surface area contributed by atoms with Crippen LogP contribution in [0.15, 0.2) is 66.4 Å². The second-order valence-corrected chi connectivity index (χ2v) is 6.40. The number of amides is 1. The molecule has 6 heteroatoms. The summed E-state index contributed by atoms with van der Waals surface area (Å²) in [6.07, 6.45) is 2.42. The van der Waals surface area contributed by atoms with Crippen molar-refractivity contribution >= 4 is 11.6 Å². The minimum absolute atomic E-state index is 0.0393. The number of para-hydroxylation sites is 1. The van der Waals surface area contributed by atoms with Crippen LogP contribution in [0.25, 0.3) is 0 Å². The molecular formula is C23H28N4O2. The summed E-state index contributed by atoms with van der Waals surface area (Å²) in [5.41, 5.74) is 0.635. The lowest BCUT2D eigenvalue weighted by Gasteiger charge is -2.17. The van der Waals surface area contributed by atoms with Gasteiger partial charge in [0.2, 0.25) is 0 Å². The van der Waals surface area contributed by atoms with Gasteiger partial charge in [-0.25, -0.2) is 0 Å². The third kappa shape index (κ3) is 7.68. The summed E-state index contributed by atoms with van der Waals surface area (Å²) >= 11 is 0. The second kappa shape index (κ2) is 12.2. The van der Waals surface area contributed by atoms with Gasteiger partial charge >= 0.3 is 0 Å². The fraction of sp³-hybridized carbons (Fsp3) is 0.304. The van der Waals surface area contributed by atoms with E-state index in [1.807, 2.05) is 36.4 Å². The van der Waals surface area contributed by atoms with Gasteiger partial charge in [-0.05, 0) is 62.5 Å². The Hall–Kier alpha value is -3.30. The van der Waals surface area contributed by atoms with Crippen LogP contribution in [0.1, 0.15) is 20.3 Å². The van der Waals surface area contributed by atoms with E-state index < -0.39 is 5.91 Å². The van der Waals surface area contributed by atoms with Gasteiger partial charge in [-0.15, -0.1) is 0 Å². The first-order chi connectivity index (χ1) is 14.2. The summed E-state index contributed by atoms with van der Waals surface area (Å²) in [5.74, 6) is 0.964. The standard InChI is InChI=1S/C23H28N4O2/c1-3-27(4-2)16-8-15-25-18-19(17-24)23(28)26-20-11-13-22(14-12-20)29-21-9-6-5-7-10-21/h5-7,9-14,18,25H,3-4,8,15-16H2,1-2H3,(H,26,28)/b19-18-. The second-order valence-electron chi connectivity index (χ2n) is 6.40. The number of nitrogens with zero attached hydrogens (tertiary/aromatic N) is 2. The molecule has 0 aliphatic rings. The van der Waals surface area contributed by atoms with Crippen LogP contribution in [0.2, 0.25) is 0 Å². The molecule has 0 spiro atoms. The number of nitrogens with one attached hydrogen (secondary N) is 2. The maximum atomic E-state index is 12.3. The van der Waals surface area contributed by atoms with Crippen molar-refractivity contribution in [1.82, 2.24) is 10.2 Å². The Labute approximate surface area is 172 Å². The number of carbonyl (C=O) groups is 1. The fourth-order valence-electron chi connectivity index (χ4n) is 2.70. The zero-order chi connectivity index (χ0) is 20.9. The first-order valence-corrected chi connectivity index (χ1v) is 9.86. The molecule has 1 amide bonds. The largest absolute Gasteiger partial charge is 0.457 e. The van der Waals surface area contributed by atoms with E-state index >= 15 is 0 Å². The maximum Gasteiger partial charge on any atom is 0.267 e. The number of hydrogen-bond donors (Lipinski definition) is 2. The van der Waals surface area contributed by atoms with Crippen molar-refractivity contribution in [2.45, 2.75) is 20.3 Å². The summed E-state index contributed by atoms with van der Waals surface area (Å²) in [7, 11) is 0. The summed E-state index contributed by atoms with van der Waals surface area (Å²) in [5, 5.41) is 15.0. The van der Waals surface area contributed by atoms with Crippen molar-refractivity contribution in [2.24, 2.45) is 0 Å². The molecule has 0 unspecified atom stereocenters. The van der Waals surface area contributed by atoms with Gasteiger partial charge < -0.3 is 20.3 Å². The van der Waals surface area contributed by atoms with Crippen LogP contribution in [-0.2, 0) is 4.79 Å². The lowest BCUT2D eigenvalue weighted by Crippen LogP contribution is -2.26. The predicted molar refractivity (Wildman–Crippen MR) is 116 cm³/mol. The number of nitriles is 1. The van der Waals surface area contributed by atoms with Gasteiger partial charge in [-0.1, -0.05) is 32.0 Å². The molecule has 0 aliphatic heterocycles. The molecule has 0 heterocycles. The van der Waals surface area contributed by atoms with Crippen LogP contribution in [0.4, 0.5) is 5.69 Å². The fourth-order valence-corrected chi connectivity index (χ4v) is 2.70. The molecule has 0 saturated heterocycles. The van der Waals surface area contributed by atoms with E-state index in [4.69, 9.17) is 4.74 Å². The molecule has 2 aromatic rings. The highest BCUT2D eigenvalue weighted by molar-refractivity contribution is 6.06. The molecule has 0 atom stereocenters. The molecule has 6 nitrogen and oxygen atoms in total. The molecule has 0 aromatic heterocycles. The van der Waals surface area contributed by atoms with E-state index in [0.29, 0.717) is 18.0 Å². The summed E-state index contributed by atoms with van der Waals surface area (Å²) in [6.45, 7) is 8.01. The van der Waals surface area contributed by atoms with Crippen LogP contribution < -0.4 is 15.4 Å². The smallest absolute Gasteiger partial charge is 0.267 e. The van der Waals surface area contributed by atoms with Gasteiger partial charge in [0, 0.05) is 18.4 Å². The highest BCUT2D eigenvalue weighted by Crippen LogP contribution is 2.22. The number of carbonyl (C=O) groups excluding carboxylic acids is 1. The van der Waals surface area contributed by atoms with E-state index in [9.17, 15) is 10.1 Å². The van der Waals surface area contributed by atoms with E-state index in [2.05, 4.69) is 29.4 Å². The molecule has 0 radical (unpaired) electrons. The Bertz CT molecular complexity index is 822. The topological polar surface area (TPSA) is 77.4 Å². The summed E-state index contributed by atoms with van der Waals surface area (Å²) < 4.78 is 5.73. The Balaban J connectivity index is 1.83. The minimum atomic E-state index is -0.444. The Morgan fingerprint density at radius 3 is 2.34 bits per heavy atom. The Morgan fingerprint density at radius 1 is 1.07 bits per heavy atom. The average molecular weight is 393 g/mol. The zero-order valence-electron chi connectivity index (χ0n) is 17.0. The SMILES string of the molecule is CCN(CC)CCCN/C=C(/C#N)C(=O)Nc1ccc(Oc2ccccc2)cc1. The average Bonchev–Trinajstić information content (AvgIpc) is 2.75. The van der Waals surface area contributed by atoms with Crippen LogP contribution in [0.5, 0.6) is 11.5 Å². The van der Waals surface area contributed by atoms with Crippen molar-refractivity contribution in [1.29, 1.82) is 5.26 Å². The Morgan fingerprint density at radius 2 is 1.72 bits per heavy atom. The molecule has 152 valence electrons. The molecule has 29 heavy (non-hydrogen) atoms. The minimum Gasteiger partial charge on any atom is -0.457 e. The number of rotatable bonds is 11. The van der Waals surface area contributed by atoms with Gasteiger partial charge in [-0.3, -0.25) is 4.79 Å². The molecule has 0 bridgehead atoms. The molecule has 2 N–H and O–H groups in total. The molecule has 0 fully saturated rings. The van der Waals surface area contributed by atoms with E-state index in [1.165, 1.54) is 6.20 Å². The van der Waals surface area contributed by atoms with E-state index in [-0.39, 0.29) is 5.57 Å². The van der Waals surface area contributed by atoms with Gasteiger partial charge in [0.05, 0.1) is 0 Å². The monoisotopic (exact) mass is 392 g/mol. The maximum absolute atomic E-state index is 12.3. The van der Waals surface area contributed by atoms with Gasteiger partial charge in [0.1, 0.15) is 23.1 Å².